The second-order valence-electron chi connectivity index (χ2n) is 9.32. The molecule has 1 atom stereocenters. The first-order valence-corrected chi connectivity index (χ1v) is 12.5. The second-order valence-corrected chi connectivity index (χ2v) is 9.32. The smallest absolute Gasteiger partial charge is 0.317 e. The Morgan fingerprint density at radius 1 is 1.10 bits per heavy atom. The van der Waals surface area contributed by atoms with Crippen LogP contribution in [0.5, 0.6) is 11.8 Å². The zero-order valence-electron chi connectivity index (χ0n) is 21.8. The van der Waals surface area contributed by atoms with Crippen LogP contribution >= 0.6 is 0 Å². The molecule has 3 heterocycles. The Bertz CT molecular complexity index is 1770. The van der Waals surface area contributed by atoms with Crippen LogP contribution in [0.2, 0.25) is 0 Å². The summed E-state index contributed by atoms with van der Waals surface area (Å²) in [6, 6.07) is 15.1. The zero-order valence-corrected chi connectivity index (χ0v) is 21.8. The topological polar surface area (TPSA) is 79.1 Å². The second kappa shape index (κ2) is 10.8. The fourth-order valence-electron chi connectivity index (χ4n) is 4.02. The Kier molecular flexibility index (Phi) is 7.25. The van der Waals surface area contributed by atoms with Crippen LogP contribution in [-0.2, 0) is 0 Å². The summed E-state index contributed by atoms with van der Waals surface area (Å²) in [4.78, 5) is 26.7. The van der Waals surface area contributed by atoms with E-state index in [-0.39, 0.29) is 28.4 Å². The van der Waals surface area contributed by atoms with Crippen molar-refractivity contribution >= 4 is 21.8 Å². The van der Waals surface area contributed by atoms with E-state index < -0.39 is 30.9 Å². The van der Waals surface area contributed by atoms with Gasteiger partial charge in [-0.1, -0.05) is 31.7 Å². The lowest BCUT2D eigenvalue weighted by atomic mass is 10.0. The molecule has 10 heteroatoms. The van der Waals surface area contributed by atoms with Gasteiger partial charge in [0.1, 0.15) is 5.75 Å². The molecule has 0 saturated carbocycles. The molecule has 204 valence electrons. The highest BCUT2D eigenvalue weighted by atomic mass is 19.3. The van der Waals surface area contributed by atoms with E-state index in [4.69, 9.17) is 9.47 Å². The first-order valence-electron chi connectivity index (χ1n) is 12.5. The molecule has 0 spiro atoms. The summed E-state index contributed by atoms with van der Waals surface area (Å²) in [5, 5.41) is 1.31. The van der Waals surface area contributed by atoms with Crippen molar-refractivity contribution in [1.29, 1.82) is 0 Å². The van der Waals surface area contributed by atoms with Gasteiger partial charge in [0.15, 0.2) is 6.61 Å². The third-order valence-corrected chi connectivity index (χ3v) is 6.30. The van der Waals surface area contributed by atoms with E-state index in [1.165, 1.54) is 36.7 Å². The van der Waals surface area contributed by atoms with Gasteiger partial charge in [-0.2, -0.15) is 9.37 Å². The number of benzene rings is 2. The fraction of sp³-hybridized carbons (Fsp3) is 0.200. The average molecular weight is 547 g/mol. The van der Waals surface area contributed by atoms with Crippen molar-refractivity contribution in [3.8, 4) is 28.6 Å². The normalized spacial score (nSPS) is 12.4. The Morgan fingerprint density at radius 2 is 1.88 bits per heavy atom. The number of ether oxygens (including phenoxy) is 2. The van der Waals surface area contributed by atoms with E-state index in [0.717, 1.165) is 10.9 Å². The molecular weight excluding hydrogens is 521 g/mol. The highest BCUT2D eigenvalue weighted by Crippen LogP contribution is 2.29. The molecule has 0 radical (unpaired) electrons. The van der Waals surface area contributed by atoms with Crippen LogP contribution in [0.4, 0.5) is 13.2 Å². The lowest BCUT2D eigenvalue weighted by Gasteiger charge is -2.16. The van der Waals surface area contributed by atoms with Crippen molar-refractivity contribution in [2.75, 3.05) is 6.61 Å². The number of fused-ring (bicyclic) bond motifs is 2. The molecule has 0 aliphatic carbocycles. The van der Waals surface area contributed by atoms with Gasteiger partial charge in [0, 0.05) is 41.5 Å². The molecule has 0 fully saturated rings. The molecule has 5 rings (SSSR count). The number of rotatable bonds is 9. The number of pyridine rings is 2. The summed E-state index contributed by atoms with van der Waals surface area (Å²) in [7, 11) is 0. The number of nitrogens with zero attached hydrogens (tertiary/aromatic N) is 4. The van der Waals surface area contributed by atoms with Gasteiger partial charge in [0.2, 0.25) is 0 Å². The summed E-state index contributed by atoms with van der Waals surface area (Å²) in [6.07, 6.45) is 2.60. The molecule has 3 aromatic heterocycles. The molecule has 0 N–H and O–H groups in total. The van der Waals surface area contributed by atoms with E-state index in [2.05, 4.69) is 21.5 Å². The Morgan fingerprint density at radius 3 is 2.60 bits per heavy atom. The monoisotopic (exact) mass is 546 g/mol. The maximum atomic E-state index is 14.0. The van der Waals surface area contributed by atoms with Gasteiger partial charge in [0.25, 0.3) is 17.8 Å². The third-order valence-electron chi connectivity index (χ3n) is 6.30. The van der Waals surface area contributed by atoms with Crippen LogP contribution in [0.1, 0.15) is 20.3 Å². The predicted molar refractivity (Wildman–Crippen MR) is 147 cm³/mol. The van der Waals surface area contributed by atoms with Gasteiger partial charge in [-0.15, -0.1) is 0 Å². The van der Waals surface area contributed by atoms with E-state index in [1.54, 1.807) is 36.7 Å². The van der Waals surface area contributed by atoms with Gasteiger partial charge in [0.05, 0.1) is 16.6 Å². The van der Waals surface area contributed by atoms with Crippen LogP contribution in [0.15, 0.2) is 90.1 Å². The molecule has 0 aliphatic heterocycles. The zero-order chi connectivity index (χ0) is 28.4. The van der Waals surface area contributed by atoms with Crippen molar-refractivity contribution in [2.45, 2.75) is 32.5 Å². The molecule has 7 nitrogen and oxygen atoms in total. The Balaban J connectivity index is 1.65. The number of hydrogen-bond donors (Lipinski definition) is 0. The van der Waals surface area contributed by atoms with Crippen molar-refractivity contribution < 1.29 is 22.6 Å². The number of halogens is 3. The minimum Gasteiger partial charge on any atom is -0.457 e. The standard InChI is InChI=1S/C30H25F3N4O3/c1-4-30(32,33)17-39-29-35-15-21-16-37(22-9-12-24-20(14-22)6-5-13-34-24)28(38)25(26(21)36-29)19-7-10-23(11-8-19)40-27(31)18(2)3/h5-16,27H,2,4,17H2,1,3H3. The van der Waals surface area contributed by atoms with Crippen molar-refractivity contribution in [3.05, 3.63) is 95.7 Å². The summed E-state index contributed by atoms with van der Waals surface area (Å²) >= 11 is 0. The van der Waals surface area contributed by atoms with Gasteiger partial charge in [-0.25, -0.2) is 13.8 Å². The lowest BCUT2D eigenvalue weighted by molar-refractivity contribution is -0.0458. The van der Waals surface area contributed by atoms with Gasteiger partial charge in [-0.3, -0.25) is 14.3 Å². The number of alkyl halides is 3. The van der Waals surface area contributed by atoms with Crippen LogP contribution in [0, 0.1) is 0 Å². The predicted octanol–water partition coefficient (Wildman–Crippen LogP) is 6.67. The average Bonchev–Trinajstić information content (AvgIpc) is 2.96. The summed E-state index contributed by atoms with van der Waals surface area (Å²) in [5.74, 6) is -2.81. The van der Waals surface area contributed by atoms with Crippen molar-refractivity contribution in [3.63, 3.8) is 0 Å². The highest BCUT2D eigenvalue weighted by molar-refractivity contribution is 5.93. The minimum atomic E-state index is -3.05. The van der Waals surface area contributed by atoms with E-state index in [0.29, 0.717) is 16.6 Å². The Labute approximate surface area is 227 Å². The summed E-state index contributed by atoms with van der Waals surface area (Å²) in [6.45, 7) is 5.51. The minimum absolute atomic E-state index is 0.182. The van der Waals surface area contributed by atoms with Crippen LogP contribution in [0.3, 0.4) is 0 Å². The number of aromatic nitrogens is 4. The van der Waals surface area contributed by atoms with Gasteiger partial charge in [-0.05, 0) is 54.5 Å². The first-order chi connectivity index (χ1) is 19.1. The van der Waals surface area contributed by atoms with E-state index in [9.17, 15) is 18.0 Å². The molecule has 0 saturated heterocycles. The highest BCUT2D eigenvalue weighted by Gasteiger charge is 2.28. The maximum Gasteiger partial charge on any atom is 0.317 e. The molecule has 5 aromatic rings. The quantitative estimate of drug-likeness (QED) is 0.192. The van der Waals surface area contributed by atoms with Gasteiger partial charge >= 0.3 is 6.01 Å². The molecule has 0 amide bonds. The van der Waals surface area contributed by atoms with E-state index >= 15 is 0 Å². The SMILES string of the molecule is C=C(C)C(F)Oc1ccc(-c2c(=O)n(-c3ccc4ncccc4c3)cc3cnc(OCC(F)(F)CC)nc23)cc1. The van der Waals surface area contributed by atoms with Crippen molar-refractivity contribution in [2.24, 2.45) is 0 Å². The molecule has 2 aromatic carbocycles. The third kappa shape index (κ3) is 5.51. The fourth-order valence-corrected chi connectivity index (χ4v) is 4.02. The number of hydrogen-bond acceptors (Lipinski definition) is 6. The largest absolute Gasteiger partial charge is 0.457 e. The van der Waals surface area contributed by atoms with Gasteiger partial charge < -0.3 is 9.47 Å². The molecule has 0 aliphatic rings. The van der Waals surface area contributed by atoms with Crippen LogP contribution in [-0.4, -0.2) is 38.4 Å². The molecule has 1 unspecified atom stereocenters. The first kappa shape index (κ1) is 26.9. The molecular formula is C30H25F3N4O3. The summed E-state index contributed by atoms with van der Waals surface area (Å²) in [5.41, 5.74) is 1.99. The molecule has 0 bridgehead atoms. The van der Waals surface area contributed by atoms with Crippen LogP contribution < -0.4 is 15.0 Å². The summed E-state index contributed by atoms with van der Waals surface area (Å²) < 4.78 is 53.5. The lowest BCUT2D eigenvalue weighted by Crippen LogP contribution is -2.25. The maximum absolute atomic E-state index is 14.0. The molecule has 40 heavy (non-hydrogen) atoms. The van der Waals surface area contributed by atoms with Crippen LogP contribution in [0.25, 0.3) is 38.6 Å². The van der Waals surface area contributed by atoms with E-state index in [1.807, 2.05) is 18.2 Å². The van der Waals surface area contributed by atoms with Crippen molar-refractivity contribution in [1.82, 2.24) is 19.5 Å². The Hall–Kier alpha value is -4.73.